The number of aliphatic carboxylic acids is 1. The molecule has 1 aromatic heterocycles. The molecule has 0 aliphatic carbocycles. The summed E-state index contributed by atoms with van der Waals surface area (Å²) in [5.41, 5.74) is 2.56. The Balaban J connectivity index is 2.26. The van der Waals surface area contributed by atoms with Gasteiger partial charge in [0, 0.05) is 11.8 Å². The van der Waals surface area contributed by atoms with Crippen molar-refractivity contribution < 1.29 is 9.90 Å². The zero-order valence-corrected chi connectivity index (χ0v) is 10.2. The third-order valence-corrected chi connectivity index (χ3v) is 2.78. The van der Waals surface area contributed by atoms with Gasteiger partial charge in [-0.15, -0.1) is 0 Å². The van der Waals surface area contributed by atoms with Crippen LogP contribution in [0.25, 0.3) is 11.3 Å². The number of nitriles is 1. The highest BCUT2D eigenvalue weighted by molar-refractivity contribution is 5.73. The molecule has 0 fully saturated rings. The number of nitrogens with zero attached hydrogens (tertiary/aromatic N) is 2. The molecular formula is C15H12N2O2. The smallest absolute Gasteiger partial charge is 0.321 e. The first-order valence-electron chi connectivity index (χ1n) is 5.83. The van der Waals surface area contributed by atoms with Crippen molar-refractivity contribution in [1.82, 2.24) is 4.98 Å². The number of hydrogen-bond acceptors (Lipinski definition) is 3. The van der Waals surface area contributed by atoms with Gasteiger partial charge < -0.3 is 5.11 Å². The highest BCUT2D eigenvalue weighted by Crippen LogP contribution is 2.19. The lowest BCUT2D eigenvalue weighted by molar-refractivity contribution is -0.139. The highest BCUT2D eigenvalue weighted by atomic mass is 16.4. The predicted octanol–water partition coefficient (Wildman–Crippen LogP) is 2.52. The maximum atomic E-state index is 10.9. The van der Waals surface area contributed by atoms with Crippen molar-refractivity contribution in [3.8, 4) is 17.3 Å². The van der Waals surface area contributed by atoms with Crippen LogP contribution < -0.4 is 0 Å². The van der Waals surface area contributed by atoms with E-state index in [1.54, 1.807) is 12.3 Å². The number of benzene rings is 1. The van der Waals surface area contributed by atoms with Crippen LogP contribution in [0.1, 0.15) is 5.56 Å². The maximum absolute atomic E-state index is 10.9. The van der Waals surface area contributed by atoms with Crippen molar-refractivity contribution in [2.24, 2.45) is 5.92 Å². The summed E-state index contributed by atoms with van der Waals surface area (Å²) >= 11 is 0. The van der Waals surface area contributed by atoms with Crippen LogP contribution in [0.3, 0.4) is 0 Å². The van der Waals surface area contributed by atoms with E-state index in [2.05, 4.69) is 4.98 Å². The minimum Gasteiger partial charge on any atom is -0.480 e. The third kappa shape index (κ3) is 3.17. The average Bonchev–Trinajstić information content (AvgIpc) is 2.45. The molecule has 1 N–H and O–H groups in total. The number of carboxylic acid groups (broad SMARTS) is 1. The highest BCUT2D eigenvalue weighted by Gasteiger charge is 2.17. The summed E-state index contributed by atoms with van der Waals surface area (Å²) in [6.07, 6.45) is 1.91. The minimum atomic E-state index is -1.09. The summed E-state index contributed by atoms with van der Waals surface area (Å²) < 4.78 is 0. The second kappa shape index (κ2) is 5.78. The summed E-state index contributed by atoms with van der Waals surface area (Å²) in [6, 6.07) is 14.9. The Kier molecular flexibility index (Phi) is 3.89. The normalized spacial score (nSPS) is 11.5. The molecule has 1 aromatic carbocycles. The van der Waals surface area contributed by atoms with Crippen LogP contribution in [0.2, 0.25) is 0 Å². The Bertz CT molecular complexity index is 618. The van der Waals surface area contributed by atoms with Gasteiger partial charge in [-0.2, -0.15) is 5.26 Å². The molecule has 2 rings (SSSR count). The van der Waals surface area contributed by atoms with Gasteiger partial charge in [0.05, 0.1) is 11.8 Å². The Morgan fingerprint density at radius 3 is 2.79 bits per heavy atom. The van der Waals surface area contributed by atoms with Crippen LogP contribution in [-0.2, 0) is 11.2 Å². The summed E-state index contributed by atoms with van der Waals surface area (Å²) in [4.78, 5) is 15.1. The molecule has 0 unspecified atom stereocenters. The second-order valence-corrected chi connectivity index (χ2v) is 4.14. The van der Waals surface area contributed by atoms with E-state index in [4.69, 9.17) is 10.4 Å². The van der Waals surface area contributed by atoms with Crippen molar-refractivity contribution in [2.45, 2.75) is 6.42 Å². The number of aromatic nitrogens is 1. The van der Waals surface area contributed by atoms with Crippen molar-refractivity contribution in [3.05, 3.63) is 54.2 Å². The molecule has 4 nitrogen and oxygen atoms in total. The molecule has 19 heavy (non-hydrogen) atoms. The maximum Gasteiger partial charge on any atom is 0.321 e. The first-order valence-corrected chi connectivity index (χ1v) is 5.83. The molecular weight excluding hydrogens is 240 g/mol. The molecule has 2 aromatic rings. The van der Waals surface area contributed by atoms with Crippen LogP contribution in [0, 0.1) is 17.2 Å². The molecule has 94 valence electrons. The van der Waals surface area contributed by atoms with Crippen LogP contribution in [0.5, 0.6) is 0 Å². The molecule has 1 heterocycles. The van der Waals surface area contributed by atoms with E-state index in [1.165, 1.54) is 0 Å². The number of carbonyl (C=O) groups is 1. The molecule has 0 spiro atoms. The number of hydrogen-bond donors (Lipinski definition) is 1. The van der Waals surface area contributed by atoms with Gasteiger partial charge >= 0.3 is 5.97 Å². The molecule has 4 heteroatoms. The second-order valence-electron chi connectivity index (χ2n) is 4.14. The average molecular weight is 252 g/mol. The lowest BCUT2D eigenvalue weighted by Crippen LogP contribution is -2.14. The van der Waals surface area contributed by atoms with Gasteiger partial charge in [-0.25, -0.2) is 0 Å². The van der Waals surface area contributed by atoms with Gasteiger partial charge in [-0.05, 0) is 30.2 Å². The largest absolute Gasteiger partial charge is 0.480 e. The van der Waals surface area contributed by atoms with E-state index >= 15 is 0 Å². The van der Waals surface area contributed by atoms with E-state index in [-0.39, 0.29) is 6.42 Å². The van der Waals surface area contributed by atoms with E-state index in [1.807, 2.05) is 42.5 Å². The standard InChI is InChI=1S/C15H12N2O2/c16-10-13(15(18)19)9-11-4-3-5-12(8-11)14-6-1-2-7-17-14/h1-8,13H,9H2,(H,18,19)/t13-/m1/s1. The summed E-state index contributed by atoms with van der Waals surface area (Å²) in [7, 11) is 0. The molecule has 0 bridgehead atoms. The molecule has 0 saturated heterocycles. The molecule has 0 radical (unpaired) electrons. The molecule has 0 amide bonds. The van der Waals surface area contributed by atoms with Crippen molar-refractivity contribution >= 4 is 5.97 Å². The Morgan fingerprint density at radius 1 is 1.32 bits per heavy atom. The predicted molar refractivity (Wildman–Crippen MR) is 70.1 cm³/mol. The van der Waals surface area contributed by atoms with E-state index in [0.717, 1.165) is 16.8 Å². The van der Waals surface area contributed by atoms with Gasteiger partial charge in [0.25, 0.3) is 0 Å². The quantitative estimate of drug-likeness (QED) is 0.907. The van der Waals surface area contributed by atoms with E-state index < -0.39 is 11.9 Å². The van der Waals surface area contributed by atoms with Crippen LogP contribution in [0.4, 0.5) is 0 Å². The van der Waals surface area contributed by atoms with Crippen LogP contribution in [-0.4, -0.2) is 16.1 Å². The fraction of sp³-hybridized carbons (Fsp3) is 0.133. The molecule has 0 aliphatic rings. The van der Waals surface area contributed by atoms with E-state index in [0.29, 0.717) is 0 Å². The van der Waals surface area contributed by atoms with Gasteiger partial charge in [-0.1, -0.05) is 24.3 Å². The van der Waals surface area contributed by atoms with Crippen LogP contribution in [0.15, 0.2) is 48.7 Å². The zero-order valence-electron chi connectivity index (χ0n) is 10.2. The minimum absolute atomic E-state index is 0.201. The first kappa shape index (κ1) is 12.8. The van der Waals surface area contributed by atoms with Gasteiger partial charge in [0.15, 0.2) is 0 Å². The number of pyridine rings is 1. The Labute approximate surface area is 111 Å². The monoisotopic (exact) mass is 252 g/mol. The molecule has 0 saturated carbocycles. The SMILES string of the molecule is N#C[C@@H](Cc1cccc(-c2ccccn2)c1)C(=O)O. The Hall–Kier alpha value is -2.67. The zero-order chi connectivity index (χ0) is 13.7. The van der Waals surface area contributed by atoms with E-state index in [9.17, 15) is 4.79 Å². The van der Waals surface area contributed by atoms with Crippen molar-refractivity contribution in [1.29, 1.82) is 5.26 Å². The van der Waals surface area contributed by atoms with Crippen molar-refractivity contribution in [2.75, 3.05) is 0 Å². The molecule has 0 aliphatic heterocycles. The fourth-order valence-corrected chi connectivity index (χ4v) is 1.82. The number of rotatable bonds is 4. The van der Waals surface area contributed by atoms with Gasteiger partial charge in [0.1, 0.15) is 5.92 Å². The summed E-state index contributed by atoms with van der Waals surface area (Å²) in [5.74, 6) is -2.11. The first-order chi connectivity index (χ1) is 9.20. The van der Waals surface area contributed by atoms with Crippen molar-refractivity contribution in [3.63, 3.8) is 0 Å². The topological polar surface area (TPSA) is 74.0 Å². The van der Waals surface area contributed by atoms with Gasteiger partial charge in [-0.3, -0.25) is 9.78 Å². The Morgan fingerprint density at radius 2 is 2.16 bits per heavy atom. The summed E-state index contributed by atoms with van der Waals surface area (Å²) in [5, 5.41) is 17.7. The lowest BCUT2D eigenvalue weighted by atomic mass is 9.98. The van der Waals surface area contributed by atoms with Gasteiger partial charge in [0.2, 0.25) is 0 Å². The van der Waals surface area contributed by atoms with Crippen LogP contribution >= 0.6 is 0 Å². The lowest BCUT2D eigenvalue weighted by Gasteiger charge is -2.06. The number of carboxylic acids is 1. The fourth-order valence-electron chi connectivity index (χ4n) is 1.82. The summed E-state index contributed by atoms with van der Waals surface area (Å²) in [6.45, 7) is 0. The third-order valence-electron chi connectivity index (χ3n) is 2.78. The molecule has 1 atom stereocenters.